The molecule has 2 rings (SSSR count). The van der Waals surface area contributed by atoms with Gasteiger partial charge in [0, 0.05) is 19.2 Å². The Morgan fingerprint density at radius 1 is 1.50 bits per heavy atom. The molecule has 1 amide bonds. The van der Waals surface area contributed by atoms with Crippen LogP contribution in [0.1, 0.15) is 17.9 Å². The molecular weight excluding hydrogens is 174 g/mol. The van der Waals surface area contributed by atoms with Crippen molar-refractivity contribution in [3.05, 3.63) is 29.8 Å². The minimum atomic E-state index is -0.138. The van der Waals surface area contributed by atoms with E-state index in [-0.39, 0.29) is 11.8 Å². The van der Waals surface area contributed by atoms with E-state index >= 15 is 0 Å². The van der Waals surface area contributed by atoms with Gasteiger partial charge in [-0.05, 0) is 11.6 Å². The highest BCUT2D eigenvalue weighted by Crippen LogP contribution is 2.37. The van der Waals surface area contributed by atoms with Gasteiger partial charge in [0.2, 0.25) is 5.91 Å². The fourth-order valence-corrected chi connectivity index (χ4v) is 1.89. The van der Waals surface area contributed by atoms with Crippen LogP contribution in [0.4, 0.5) is 5.69 Å². The summed E-state index contributed by atoms with van der Waals surface area (Å²) in [7, 11) is 1.79. The van der Waals surface area contributed by atoms with E-state index in [1.165, 1.54) is 0 Å². The Labute approximate surface area is 83.5 Å². The van der Waals surface area contributed by atoms with Crippen LogP contribution in [0.25, 0.3) is 0 Å². The lowest BCUT2D eigenvalue weighted by molar-refractivity contribution is -0.118. The van der Waals surface area contributed by atoms with E-state index in [4.69, 9.17) is 6.42 Å². The van der Waals surface area contributed by atoms with Crippen molar-refractivity contribution in [2.24, 2.45) is 0 Å². The van der Waals surface area contributed by atoms with Crippen LogP contribution in [-0.4, -0.2) is 13.0 Å². The maximum absolute atomic E-state index is 11.8. The third-order valence-corrected chi connectivity index (χ3v) is 2.62. The van der Waals surface area contributed by atoms with Crippen molar-refractivity contribution < 1.29 is 4.79 Å². The standard InChI is InChI=1S/C12H11NO/c1-3-6-10-9-7-4-5-8-11(9)13(2)12(10)14/h1,4-5,7-8,10H,6H2,2H3. The van der Waals surface area contributed by atoms with E-state index in [2.05, 4.69) is 5.92 Å². The Balaban J connectivity index is 2.49. The molecule has 0 saturated carbocycles. The van der Waals surface area contributed by atoms with Crippen LogP contribution >= 0.6 is 0 Å². The molecule has 1 aromatic rings. The summed E-state index contributed by atoms with van der Waals surface area (Å²) in [6, 6.07) is 7.79. The minimum Gasteiger partial charge on any atom is -0.315 e. The van der Waals surface area contributed by atoms with Crippen LogP contribution in [0.2, 0.25) is 0 Å². The number of rotatable bonds is 1. The number of carbonyl (C=O) groups is 1. The molecule has 1 atom stereocenters. The molecule has 14 heavy (non-hydrogen) atoms. The van der Waals surface area contributed by atoms with Gasteiger partial charge < -0.3 is 4.90 Å². The number of fused-ring (bicyclic) bond motifs is 1. The molecule has 0 fully saturated rings. The van der Waals surface area contributed by atoms with Gasteiger partial charge in [0.15, 0.2) is 0 Å². The molecule has 0 bridgehead atoms. The minimum absolute atomic E-state index is 0.101. The van der Waals surface area contributed by atoms with Gasteiger partial charge in [0.05, 0.1) is 5.92 Å². The van der Waals surface area contributed by atoms with E-state index in [0.29, 0.717) is 6.42 Å². The predicted octanol–water partition coefficient (Wildman–Crippen LogP) is 1.77. The lowest BCUT2D eigenvalue weighted by atomic mass is 9.98. The lowest BCUT2D eigenvalue weighted by Crippen LogP contribution is -2.23. The zero-order valence-corrected chi connectivity index (χ0v) is 8.03. The summed E-state index contributed by atoms with van der Waals surface area (Å²) in [6.07, 6.45) is 5.74. The zero-order valence-electron chi connectivity index (χ0n) is 8.03. The van der Waals surface area contributed by atoms with E-state index in [9.17, 15) is 4.79 Å². The topological polar surface area (TPSA) is 20.3 Å². The first-order valence-electron chi connectivity index (χ1n) is 4.55. The second-order valence-corrected chi connectivity index (χ2v) is 3.42. The van der Waals surface area contributed by atoms with Gasteiger partial charge in [-0.1, -0.05) is 18.2 Å². The van der Waals surface area contributed by atoms with Crippen molar-refractivity contribution >= 4 is 11.6 Å². The number of anilines is 1. The van der Waals surface area contributed by atoms with Crippen molar-refractivity contribution in [3.8, 4) is 12.3 Å². The van der Waals surface area contributed by atoms with Crippen molar-refractivity contribution in [1.29, 1.82) is 0 Å². The second kappa shape index (κ2) is 3.19. The largest absolute Gasteiger partial charge is 0.315 e. The van der Waals surface area contributed by atoms with E-state index < -0.39 is 0 Å². The Hall–Kier alpha value is -1.75. The number of carbonyl (C=O) groups excluding carboxylic acids is 1. The molecule has 2 heteroatoms. The smallest absolute Gasteiger partial charge is 0.235 e. The molecule has 0 aromatic heterocycles. The third kappa shape index (κ3) is 1.10. The second-order valence-electron chi connectivity index (χ2n) is 3.42. The number of terminal acetylenes is 1. The molecule has 0 saturated heterocycles. The zero-order chi connectivity index (χ0) is 10.1. The van der Waals surface area contributed by atoms with Gasteiger partial charge >= 0.3 is 0 Å². The highest BCUT2D eigenvalue weighted by Gasteiger charge is 2.33. The molecule has 1 aliphatic rings. The molecule has 0 N–H and O–H groups in total. The number of benzene rings is 1. The Kier molecular flexibility index (Phi) is 2.01. The monoisotopic (exact) mass is 185 g/mol. The molecule has 0 radical (unpaired) electrons. The summed E-state index contributed by atoms with van der Waals surface area (Å²) >= 11 is 0. The number of likely N-dealkylation sites (N-methyl/N-ethyl adjacent to an activating group) is 1. The normalized spacial score (nSPS) is 19.3. The summed E-state index contributed by atoms with van der Waals surface area (Å²) in [6.45, 7) is 0. The molecule has 70 valence electrons. The summed E-state index contributed by atoms with van der Waals surface area (Å²) in [4.78, 5) is 13.5. The number of amides is 1. The van der Waals surface area contributed by atoms with Crippen LogP contribution < -0.4 is 4.90 Å². The van der Waals surface area contributed by atoms with Crippen LogP contribution in [-0.2, 0) is 4.79 Å². The van der Waals surface area contributed by atoms with Crippen molar-refractivity contribution in [2.75, 3.05) is 11.9 Å². The first-order chi connectivity index (χ1) is 6.75. The Bertz CT molecular complexity index is 417. The Morgan fingerprint density at radius 3 is 2.93 bits per heavy atom. The van der Waals surface area contributed by atoms with E-state index in [1.807, 2.05) is 24.3 Å². The fraction of sp³-hybridized carbons (Fsp3) is 0.250. The van der Waals surface area contributed by atoms with E-state index in [0.717, 1.165) is 11.3 Å². The molecule has 1 heterocycles. The molecule has 1 unspecified atom stereocenters. The summed E-state index contributed by atoms with van der Waals surface area (Å²) in [5.74, 6) is 2.52. The van der Waals surface area contributed by atoms with Crippen molar-refractivity contribution in [3.63, 3.8) is 0 Å². The van der Waals surface area contributed by atoms with Gasteiger partial charge in [-0.2, -0.15) is 0 Å². The van der Waals surface area contributed by atoms with Crippen molar-refractivity contribution in [1.82, 2.24) is 0 Å². The molecular formula is C12H11NO. The lowest BCUT2D eigenvalue weighted by Gasteiger charge is -2.09. The summed E-state index contributed by atoms with van der Waals surface area (Å²) in [5, 5.41) is 0. The quantitative estimate of drug-likeness (QED) is 0.610. The van der Waals surface area contributed by atoms with Gasteiger partial charge in [-0.25, -0.2) is 0 Å². The van der Waals surface area contributed by atoms with Crippen LogP contribution in [0.15, 0.2) is 24.3 Å². The predicted molar refractivity (Wildman–Crippen MR) is 56.0 cm³/mol. The van der Waals surface area contributed by atoms with Gasteiger partial charge in [-0.3, -0.25) is 4.79 Å². The van der Waals surface area contributed by atoms with Crippen LogP contribution in [0.3, 0.4) is 0 Å². The highest BCUT2D eigenvalue weighted by atomic mass is 16.2. The summed E-state index contributed by atoms with van der Waals surface area (Å²) < 4.78 is 0. The molecule has 1 aliphatic heterocycles. The number of hydrogen-bond donors (Lipinski definition) is 0. The SMILES string of the molecule is C#CCC1C(=O)N(C)c2ccccc21. The molecule has 0 aliphatic carbocycles. The maximum Gasteiger partial charge on any atom is 0.235 e. The fourth-order valence-electron chi connectivity index (χ4n) is 1.89. The van der Waals surface area contributed by atoms with E-state index in [1.54, 1.807) is 11.9 Å². The van der Waals surface area contributed by atoms with Gasteiger partial charge in [-0.15, -0.1) is 12.3 Å². The number of para-hydroxylation sites is 1. The number of hydrogen-bond acceptors (Lipinski definition) is 1. The first-order valence-corrected chi connectivity index (χ1v) is 4.55. The molecule has 0 spiro atoms. The average molecular weight is 185 g/mol. The van der Waals surface area contributed by atoms with Gasteiger partial charge in [0.25, 0.3) is 0 Å². The maximum atomic E-state index is 11.8. The number of nitrogens with zero attached hydrogens (tertiary/aromatic N) is 1. The average Bonchev–Trinajstić information content (AvgIpc) is 2.45. The molecule has 1 aromatic carbocycles. The van der Waals surface area contributed by atoms with Crippen LogP contribution in [0.5, 0.6) is 0 Å². The van der Waals surface area contributed by atoms with Crippen LogP contribution in [0, 0.1) is 12.3 Å². The van der Waals surface area contributed by atoms with Gasteiger partial charge in [0.1, 0.15) is 0 Å². The first kappa shape index (κ1) is 8.83. The third-order valence-electron chi connectivity index (χ3n) is 2.62. The summed E-state index contributed by atoms with van der Waals surface area (Å²) in [5.41, 5.74) is 2.04. The Morgan fingerprint density at radius 2 is 2.21 bits per heavy atom. The molecule has 2 nitrogen and oxygen atoms in total. The van der Waals surface area contributed by atoms with Crippen molar-refractivity contribution in [2.45, 2.75) is 12.3 Å². The highest BCUT2D eigenvalue weighted by molar-refractivity contribution is 6.04.